The molecule has 0 aliphatic carbocycles. The van der Waals surface area contributed by atoms with Gasteiger partial charge in [0.25, 0.3) is 0 Å². The molecule has 11 heteroatoms. The number of sulfonamides is 1. The maximum atomic E-state index is 14.7. The number of hydrogen-bond donors (Lipinski definition) is 2. The number of likely N-dealkylation sites (N-methyl/N-ethyl adjacent to an activating group) is 1. The molecule has 0 atom stereocenters. The molecule has 2 aromatic carbocycles. The summed E-state index contributed by atoms with van der Waals surface area (Å²) < 4.78 is 46.4. The normalized spacial score (nSPS) is 12.3. The van der Waals surface area contributed by atoms with Crippen LogP contribution in [-0.4, -0.2) is 74.0 Å². The van der Waals surface area contributed by atoms with Crippen LogP contribution in [-0.2, 0) is 16.6 Å². The van der Waals surface area contributed by atoms with Crippen LogP contribution in [0.2, 0.25) is 0 Å². The van der Waals surface area contributed by atoms with Crippen molar-refractivity contribution < 1.29 is 17.5 Å². The average molecular weight is 643 g/mol. The van der Waals surface area contributed by atoms with Gasteiger partial charge in [0, 0.05) is 42.3 Å². The number of aromatic nitrogens is 3. The van der Waals surface area contributed by atoms with Crippen LogP contribution in [0.4, 0.5) is 4.39 Å². The average Bonchev–Trinajstić information content (AvgIpc) is 3.45. The lowest BCUT2D eigenvalue weighted by Crippen LogP contribution is -2.21. The zero-order chi connectivity index (χ0) is 32.8. The number of H-pyrrole nitrogens is 1. The van der Waals surface area contributed by atoms with E-state index in [1.807, 2.05) is 63.5 Å². The van der Waals surface area contributed by atoms with Gasteiger partial charge < -0.3 is 14.6 Å². The fourth-order valence-electron chi connectivity index (χ4n) is 5.08. The highest BCUT2D eigenvalue weighted by molar-refractivity contribution is 7.88. The molecule has 2 N–H and O–H groups in total. The van der Waals surface area contributed by atoms with E-state index >= 15 is 0 Å². The lowest BCUT2D eigenvalue weighted by molar-refractivity contribution is 0.261. The Bertz CT molecular complexity index is 1990. The number of aryl methyl sites for hydroxylation is 1. The molecule has 46 heavy (non-hydrogen) atoms. The zero-order valence-electron chi connectivity index (χ0n) is 26.8. The number of pyridine rings is 2. The zero-order valence-corrected chi connectivity index (χ0v) is 27.6. The molecule has 0 aliphatic heterocycles. The Morgan fingerprint density at radius 2 is 1.89 bits per heavy atom. The van der Waals surface area contributed by atoms with E-state index in [1.165, 1.54) is 12.1 Å². The van der Waals surface area contributed by atoms with Crippen LogP contribution < -0.4 is 9.46 Å². The van der Waals surface area contributed by atoms with Gasteiger partial charge in [-0.1, -0.05) is 25.1 Å². The molecule has 5 rings (SSSR count). The summed E-state index contributed by atoms with van der Waals surface area (Å²) in [7, 11) is 0.573. The van der Waals surface area contributed by atoms with Gasteiger partial charge in [0.05, 0.1) is 29.5 Å². The molecule has 0 spiro atoms. The number of aromatic amines is 1. The van der Waals surface area contributed by atoms with E-state index in [0.717, 1.165) is 69.6 Å². The fourth-order valence-corrected chi connectivity index (χ4v) is 5.51. The van der Waals surface area contributed by atoms with Gasteiger partial charge in [-0.3, -0.25) is 9.98 Å². The molecular weight excluding hydrogens is 603 g/mol. The highest BCUT2D eigenvalue weighted by atomic mass is 32.2. The number of halogens is 1. The van der Waals surface area contributed by atoms with Crippen molar-refractivity contribution in [1.82, 2.24) is 24.6 Å². The van der Waals surface area contributed by atoms with Crippen molar-refractivity contribution in [3.8, 4) is 28.1 Å². The summed E-state index contributed by atoms with van der Waals surface area (Å²) in [5, 5.41) is 0.884. The molecule has 240 valence electrons. The molecule has 3 heterocycles. The Morgan fingerprint density at radius 3 is 2.65 bits per heavy atom. The van der Waals surface area contributed by atoms with Gasteiger partial charge in [0.15, 0.2) is 0 Å². The second kappa shape index (κ2) is 14.3. The van der Waals surface area contributed by atoms with Crippen molar-refractivity contribution in [2.45, 2.75) is 26.8 Å². The first-order valence-electron chi connectivity index (χ1n) is 15.1. The molecule has 0 bridgehead atoms. The third-order valence-electron chi connectivity index (χ3n) is 7.36. The smallest absolute Gasteiger partial charge is 0.209 e. The number of benzene rings is 2. The van der Waals surface area contributed by atoms with E-state index in [2.05, 4.69) is 26.5 Å². The monoisotopic (exact) mass is 642 g/mol. The minimum absolute atomic E-state index is 0.00625. The Hall–Kier alpha value is -4.45. The summed E-state index contributed by atoms with van der Waals surface area (Å²) in [6, 6.07) is 18.4. The molecular formula is C35H39FN6O3S. The lowest BCUT2D eigenvalue weighted by atomic mass is 9.99. The van der Waals surface area contributed by atoms with Gasteiger partial charge in [-0.2, -0.15) is 0 Å². The van der Waals surface area contributed by atoms with Crippen molar-refractivity contribution >= 4 is 26.6 Å². The van der Waals surface area contributed by atoms with Gasteiger partial charge in [-0.15, -0.1) is 0 Å². The lowest BCUT2D eigenvalue weighted by Gasteiger charge is -2.13. The van der Waals surface area contributed by atoms with Gasteiger partial charge >= 0.3 is 0 Å². The number of nitrogens with one attached hydrogen (secondary N) is 2. The van der Waals surface area contributed by atoms with E-state index in [-0.39, 0.29) is 6.54 Å². The van der Waals surface area contributed by atoms with E-state index in [1.54, 1.807) is 18.5 Å². The van der Waals surface area contributed by atoms with Crippen LogP contribution in [0.1, 0.15) is 35.9 Å². The quantitative estimate of drug-likeness (QED) is 0.153. The third kappa shape index (κ3) is 8.22. The number of nitrogens with zero attached hydrogens (tertiary/aromatic N) is 4. The van der Waals surface area contributed by atoms with Gasteiger partial charge in [-0.25, -0.2) is 22.5 Å². The summed E-state index contributed by atoms with van der Waals surface area (Å²) in [4.78, 5) is 20.0. The van der Waals surface area contributed by atoms with E-state index < -0.39 is 15.8 Å². The van der Waals surface area contributed by atoms with Crippen LogP contribution in [0.15, 0.2) is 78.0 Å². The molecule has 0 radical (unpaired) electrons. The molecule has 0 saturated heterocycles. The highest BCUT2D eigenvalue weighted by Crippen LogP contribution is 2.32. The third-order valence-corrected chi connectivity index (χ3v) is 8.03. The van der Waals surface area contributed by atoms with Crippen LogP contribution in [0.25, 0.3) is 33.3 Å². The SMILES string of the molecule is CCCN=C(c1cc2c(-c3cc(F)cc(CNS(C)(=O)=O)c3)cccc2[nH]1)c1nc(-c2cncc(OCCN(C)C)c2)ccc1C. The fraction of sp³-hybridized carbons (Fsp3) is 0.286. The van der Waals surface area contributed by atoms with Crippen molar-refractivity contribution in [2.24, 2.45) is 4.99 Å². The molecule has 0 saturated carbocycles. The van der Waals surface area contributed by atoms with Gasteiger partial charge in [-0.05, 0) is 92.2 Å². The predicted octanol–water partition coefficient (Wildman–Crippen LogP) is 5.98. The van der Waals surface area contributed by atoms with Gasteiger partial charge in [0.1, 0.15) is 23.9 Å². The molecule has 0 fully saturated rings. The molecule has 0 amide bonds. The number of hydrogen-bond acceptors (Lipinski definition) is 7. The summed E-state index contributed by atoms with van der Waals surface area (Å²) in [6.45, 7) is 6.04. The largest absolute Gasteiger partial charge is 0.491 e. The van der Waals surface area contributed by atoms with Gasteiger partial charge in [0.2, 0.25) is 10.0 Å². The Morgan fingerprint density at radius 1 is 1.07 bits per heavy atom. The number of aliphatic imine (C=N–C) groups is 1. The van der Waals surface area contributed by atoms with E-state index in [9.17, 15) is 12.8 Å². The maximum Gasteiger partial charge on any atom is 0.209 e. The maximum absolute atomic E-state index is 14.7. The molecule has 0 aliphatic rings. The number of fused-ring (bicyclic) bond motifs is 1. The highest BCUT2D eigenvalue weighted by Gasteiger charge is 2.18. The molecule has 9 nitrogen and oxygen atoms in total. The van der Waals surface area contributed by atoms with E-state index in [4.69, 9.17) is 14.7 Å². The topological polar surface area (TPSA) is 113 Å². The van der Waals surface area contributed by atoms with Crippen molar-refractivity contribution in [2.75, 3.05) is 40.0 Å². The predicted molar refractivity (Wildman–Crippen MR) is 182 cm³/mol. The van der Waals surface area contributed by atoms with Crippen molar-refractivity contribution in [3.05, 3.63) is 101 Å². The second-order valence-corrected chi connectivity index (χ2v) is 13.4. The minimum atomic E-state index is -3.43. The van der Waals surface area contributed by atoms with Crippen LogP contribution in [0.3, 0.4) is 0 Å². The van der Waals surface area contributed by atoms with Crippen LogP contribution in [0.5, 0.6) is 5.75 Å². The standard InChI is InChI=1S/C35H39FN6O3S/c1-6-12-38-35(34-23(2)10-11-31(41-34)26-18-28(22-37-21-26)45-14-13-42(3)4)33-19-30-29(8-7-9-32(30)40-33)25-15-24(16-27(36)17-25)20-39-46(5,43)44/h7-11,15-19,21-22,39-40H,6,12-14,20H2,1-5H3. The Balaban J connectivity index is 1.54. The van der Waals surface area contributed by atoms with Crippen molar-refractivity contribution in [3.63, 3.8) is 0 Å². The first-order valence-corrected chi connectivity index (χ1v) is 17.0. The summed E-state index contributed by atoms with van der Waals surface area (Å²) in [5.74, 6) is 0.234. The minimum Gasteiger partial charge on any atom is -0.491 e. The summed E-state index contributed by atoms with van der Waals surface area (Å²) >= 11 is 0. The number of ether oxygens (including phenoxy) is 1. The van der Waals surface area contributed by atoms with Crippen LogP contribution in [0, 0.1) is 12.7 Å². The second-order valence-electron chi connectivity index (χ2n) is 11.5. The van der Waals surface area contributed by atoms with Crippen LogP contribution >= 0.6 is 0 Å². The van der Waals surface area contributed by atoms with Crippen molar-refractivity contribution in [1.29, 1.82) is 0 Å². The molecule has 5 aromatic rings. The number of rotatable bonds is 13. The molecule has 3 aromatic heterocycles. The Labute approximate surface area is 269 Å². The first-order chi connectivity index (χ1) is 22.0. The van der Waals surface area contributed by atoms with E-state index in [0.29, 0.717) is 30.0 Å². The Kier molecular flexibility index (Phi) is 10.3. The summed E-state index contributed by atoms with van der Waals surface area (Å²) in [6.07, 6.45) is 5.41. The summed E-state index contributed by atoms with van der Waals surface area (Å²) in [5.41, 5.74) is 7.66. The molecule has 0 unspecified atom stereocenters. The first kappa shape index (κ1) is 32.9.